The molecule has 1 saturated carbocycles. The van der Waals surface area contributed by atoms with E-state index in [1.807, 2.05) is 6.92 Å². The second-order valence-corrected chi connectivity index (χ2v) is 5.90. The summed E-state index contributed by atoms with van der Waals surface area (Å²) < 4.78 is 15.3. The summed E-state index contributed by atoms with van der Waals surface area (Å²) in [7, 11) is 0. The molecule has 0 spiro atoms. The maximum atomic E-state index is 5.55. The van der Waals surface area contributed by atoms with Gasteiger partial charge < -0.3 is 14.2 Å². The Morgan fingerprint density at radius 1 is 1.30 bits per heavy atom. The fraction of sp³-hybridized carbons (Fsp3) is 0.667. The molecular weight excluding hydrogens is 278 g/mol. The maximum absolute atomic E-state index is 5.55. The summed E-state index contributed by atoms with van der Waals surface area (Å²) in [5.41, 5.74) is 0. The molecule has 1 saturated heterocycles. The van der Waals surface area contributed by atoms with Crippen molar-refractivity contribution in [3.8, 4) is 0 Å². The highest BCUT2D eigenvalue weighted by molar-refractivity contribution is 7.09. The van der Waals surface area contributed by atoms with Crippen LogP contribution in [0.5, 0.6) is 0 Å². The molecule has 2 aromatic rings. The summed E-state index contributed by atoms with van der Waals surface area (Å²) in [6.07, 6.45) is 2.43. The molecule has 2 aliphatic rings. The fourth-order valence-electron chi connectivity index (χ4n) is 2.34. The third kappa shape index (κ3) is 2.18. The molecule has 0 radical (unpaired) electrons. The van der Waals surface area contributed by atoms with Crippen LogP contribution in [0, 0.1) is 6.92 Å². The second kappa shape index (κ2) is 4.78. The predicted octanol–water partition coefficient (Wildman–Crippen LogP) is 1.68. The van der Waals surface area contributed by atoms with E-state index in [0.29, 0.717) is 30.8 Å². The molecule has 3 heterocycles. The van der Waals surface area contributed by atoms with E-state index in [1.54, 1.807) is 0 Å². The lowest BCUT2D eigenvalue weighted by Gasteiger charge is -2.32. The molecular formula is C12H15N5O2S. The summed E-state index contributed by atoms with van der Waals surface area (Å²) in [5.74, 6) is 2.79. The molecule has 0 aromatic carbocycles. The third-order valence-electron chi connectivity index (χ3n) is 3.58. The molecule has 2 aromatic heterocycles. The van der Waals surface area contributed by atoms with Crippen molar-refractivity contribution in [1.82, 2.24) is 19.5 Å². The number of anilines is 1. The number of rotatable bonds is 3. The number of hydrogen-bond acceptors (Lipinski definition) is 8. The number of hydrogen-bond donors (Lipinski definition) is 0. The van der Waals surface area contributed by atoms with Crippen LogP contribution in [0.25, 0.3) is 0 Å². The Kier molecular flexibility index (Phi) is 2.92. The van der Waals surface area contributed by atoms with Gasteiger partial charge in [0.1, 0.15) is 11.9 Å². The number of nitrogens with zero attached hydrogens (tertiary/aromatic N) is 5. The van der Waals surface area contributed by atoms with Gasteiger partial charge in [0.05, 0.1) is 13.2 Å². The summed E-state index contributed by atoms with van der Waals surface area (Å²) in [4.78, 5) is 11.2. The average molecular weight is 293 g/mol. The van der Waals surface area contributed by atoms with E-state index >= 15 is 0 Å². The Morgan fingerprint density at radius 2 is 2.20 bits per heavy atom. The number of ether oxygens (including phenoxy) is 1. The Labute approximate surface area is 120 Å². The van der Waals surface area contributed by atoms with Crippen LogP contribution in [-0.4, -0.2) is 39.3 Å². The van der Waals surface area contributed by atoms with E-state index in [4.69, 9.17) is 9.26 Å². The van der Waals surface area contributed by atoms with Gasteiger partial charge in [-0.3, -0.25) is 0 Å². The molecule has 1 atom stereocenters. The quantitative estimate of drug-likeness (QED) is 0.852. The minimum absolute atomic E-state index is 0.0649. The van der Waals surface area contributed by atoms with Crippen LogP contribution < -0.4 is 4.90 Å². The molecule has 8 heteroatoms. The summed E-state index contributed by atoms with van der Waals surface area (Å²) in [6.45, 7) is 3.81. The first-order valence-electron chi connectivity index (χ1n) is 6.79. The van der Waals surface area contributed by atoms with Gasteiger partial charge in [0.15, 0.2) is 5.82 Å². The highest BCUT2D eigenvalue weighted by Crippen LogP contribution is 2.40. The van der Waals surface area contributed by atoms with Crippen molar-refractivity contribution < 1.29 is 9.26 Å². The minimum atomic E-state index is -0.0649. The van der Waals surface area contributed by atoms with Crippen LogP contribution in [-0.2, 0) is 4.74 Å². The van der Waals surface area contributed by atoms with Gasteiger partial charge in [-0.1, -0.05) is 5.16 Å². The van der Waals surface area contributed by atoms with Gasteiger partial charge in [-0.15, -0.1) is 0 Å². The molecule has 2 fully saturated rings. The van der Waals surface area contributed by atoms with E-state index in [0.717, 1.165) is 17.5 Å². The maximum Gasteiger partial charge on any atom is 0.251 e. The molecule has 1 aliphatic heterocycles. The number of morpholine rings is 1. The van der Waals surface area contributed by atoms with Crippen molar-refractivity contribution in [3.05, 3.63) is 17.5 Å². The van der Waals surface area contributed by atoms with Gasteiger partial charge >= 0.3 is 0 Å². The lowest BCUT2D eigenvalue weighted by atomic mass is 10.2. The van der Waals surface area contributed by atoms with Gasteiger partial charge in [0.25, 0.3) is 5.89 Å². The Hall–Kier alpha value is -1.54. The van der Waals surface area contributed by atoms with Crippen molar-refractivity contribution in [2.45, 2.75) is 31.7 Å². The van der Waals surface area contributed by atoms with E-state index < -0.39 is 0 Å². The van der Waals surface area contributed by atoms with Gasteiger partial charge in [-0.05, 0) is 19.8 Å². The van der Waals surface area contributed by atoms with Crippen LogP contribution in [0.3, 0.4) is 0 Å². The Balaban J connectivity index is 1.62. The first-order chi connectivity index (χ1) is 9.81. The number of aromatic nitrogens is 4. The molecule has 0 bridgehead atoms. The van der Waals surface area contributed by atoms with Crippen LogP contribution in [0.4, 0.5) is 5.13 Å². The average Bonchev–Trinajstić information content (AvgIpc) is 3.04. The molecule has 0 amide bonds. The molecule has 0 unspecified atom stereocenters. The predicted molar refractivity (Wildman–Crippen MR) is 71.8 cm³/mol. The summed E-state index contributed by atoms with van der Waals surface area (Å²) >= 11 is 1.45. The minimum Gasteiger partial charge on any atom is -0.377 e. The number of aryl methyl sites for hydroxylation is 1. The lowest BCUT2D eigenvalue weighted by Crippen LogP contribution is -2.39. The van der Waals surface area contributed by atoms with Crippen molar-refractivity contribution >= 4 is 16.7 Å². The molecule has 1 aliphatic carbocycles. The normalized spacial score (nSPS) is 23.2. The van der Waals surface area contributed by atoms with Gasteiger partial charge in [0.2, 0.25) is 5.13 Å². The largest absolute Gasteiger partial charge is 0.377 e. The van der Waals surface area contributed by atoms with Crippen LogP contribution in [0.2, 0.25) is 0 Å². The smallest absolute Gasteiger partial charge is 0.251 e. The third-order valence-corrected chi connectivity index (χ3v) is 4.34. The van der Waals surface area contributed by atoms with Crippen LogP contribution in [0.1, 0.15) is 42.3 Å². The molecule has 106 valence electrons. The zero-order valence-corrected chi connectivity index (χ0v) is 12.0. The van der Waals surface area contributed by atoms with Crippen LogP contribution in [0.15, 0.2) is 4.52 Å². The molecule has 0 N–H and O–H groups in total. The van der Waals surface area contributed by atoms with Crippen LogP contribution >= 0.6 is 11.5 Å². The van der Waals surface area contributed by atoms with Crippen molar-refractivity contribution in [1.29, 1.82) is 0 Å². The standard InChI is InChI=1S/C12H15N5O2S/c1-7-13-11(19-15-7)9-6-18-5-4-17(9)12-14-10(16-20-12)8-2-3-8/h8-9H,2-6H2,1H3/t9-/m1/s1. The van der Waals surface area contributed by atoms with Crippen molar-refractivity contribution in [2.24, 2.45) is 0 Å². The lowest BCUT2D eigenvalue weighted by molar-refractivity contribution is 0.0838. The molecule has 4 rings (SSSR count). The highest BCUT2D eigenvalue weighted by atomic mass is 32.1. The fourth-order valence-corrected chi connectivity index (χ4v) is 3.16. The highest BCUT2D eigenvalue weighted by Gasteiger charge is 2.33. The van der Waals surface area contributed by atoms with Gasteiger partial charge in [0, 0.05) is 24.0 Å². The SMILES string of the molecule is Cc1noc([C@H]2COCCN2c2nc(C3CC3)ns2)n1. The second-order valence-electron chi connectivity index (χ2n) is 5.17. The molecule has 7 nitrogen and oxygen atoms in total. The first-order valence-corrected chi connectivity index (χ1v) is 7.57. The monoisotopic (exact) mass is 293 g/mol. The van der Waals surface area contributed by atoms with Gasteiger partial charge in [-0.2, -0.15) is 9.36 Å². The van der Waals surface area contributed by atoms with Crippen molar-refractivity contribution in [2.75, 3.05) is 24.7 Å². The van der Waals surface area contributed by atoms with Gasteiger partial charge in [-0.25, -0.2) is 4.98 Å². The molecule has 20 heavy (non-hydrogen) atoms. The zero-order chi connectivity index (χ0) is 13.5. The summed E-state index contributed by atoms with van der Waals surface area (Å²) in [6, 6.07) is -0.0649. The Morgan fingerprint density at radius 3 is 2.95 bits per heavy atom. The van der Waals surface area contributed by atoms with Crippen molar-refractivity contribution in [3.63, 3.8) is 0 Å². The van der Waals surface area contributed by atoms with E-state index in [-0.39, 0.29) is 6.04 Å². The zero-order valence-electron chi connectivity index (χ0n) is 11.2. The Bertz CT molecular complexity index is 609. The van der Waals surface area contributed by atoms with E-state index in [2.05, 4.69) is 24.4 Å². The summed E-state index contributed by atoms with van der Waals surface area (Å²) in [5, 5.41) is 4.79. The van der Waals surface area contributed by atoms with E-state index in [1.165, 1.54) is 24.4 Å². The topological polar surface area (TPSA) is 77.2 Å². The van der Waals surface area contributed by atoms with E-state index in [9.17, 15) is 0 Å². The first kappa shape index (κ1) is 12.2.